The summed E-state index contributed by atoms with van der Waals surface area (Å²) in [4.78, 5) is 2.32. The number of rotatable bonds is 1. The minimum Gasteiger partial charge on any atom is -0.306 e. The largest absolute Gasteiger partial charge is 0.306 e. The second-order valence-corrected chi connectivity index (χ2v) is 7.60. The van der Waals surface area contributed by atoms with E-state index >= 15 is 0 Å². The van der Waals surface area contributed by atoms with E-state index in [4.69, 9.17) is 0 Å². The van der Waals surface area contributed by atoms with Gasteiger partial charge in [0.2, 0.25) is 0 Å². The molecule has 0 bridgehead atoms. The number of hydrogen-bond acceptors (Lipinski definition) is 1. The summed E-state index contributed by atoms with van der Waals surface area (Å²) >= 11 is 0. The van der Waals surface area contributed by atoms with E-state index in [9.17, 15) is 8.78 Å². The molecule has 4 rings (SSSR count). The van der Waals surface area contributed by atoms with E-state index < -0.39 is 0 Å². The summed E-state index contributed by atoms with van der Waals surface area (Å²) in [5, 5.41) is 0. The molecule has 3 heteroatoms. The summed E-state index contributed by atoms with van der Waals surface area (Å²) in [6.45, 7) is 4.21. The van der Waals surface area contributed by atoms with Gasteiger partial charge in [0.1, 0.15) is 11.6 Å². The zero-order chi connectivity index (χ0) is 17.6. The van der Waals surface area contributed by atoms with Crippen LogP contribution >= 0.6 is 0 Å². The Morgan fingerprint density at radius 2 is 1.68 bits per heavy atom. The van der Waals surface area contributed by atoms with Gasteiger partial charge in [-0.05, 0) is 72.8 Å². The van der Waals surface area contributed by atoms with Crippen LogP contribution in [-0.4, -0.2) is 25.0 Å². The first-order valence-electron chi connectivity index (χ1n) is 8.93. The van der Waals surface area contributed by atoms with E-state index in [2.05, 4.69) is 18.9 Å². The van der Waals surface area contributed by atoms with Crippen LogP contribution in [0.4, 0.5) is 8.78 Å². The Labute approximate surface area is 148 Å². The second-order valence-electron chi connectivity index (χ2n) is 7.60. The summed E-state index contributed by atoms with van der Waals surface area (Å²) in [5.74, 6) is -0.415. The maximum Gasteiger partial charge on any atom is 0.123 e. The summed E-state index contributed by atoms with van der Waals surface area (Å²) < 4.78 is 27.9. The summed E-state index contributed by atoms with van der Waals surface area (Å²) in [6.07, 6.45) is 2.78. The first-order valence-corrected chi connectivity index (χ1v) is 8.93. The van der Waals surface area contributed by atoms with Gasteiger partial charge >= 0.3 is 0 Å². The van der Waals surface area contributed by atoms with Crippen LogP contribution in [0.25, 0.3) is 5.57 Å². The minimum atomic E-state index is -0.302. The molecule has 1 aliphatic carbocycles. The van der Waals surface area contributed by atoms with Crippen LogP contribution in [0.2, 0.25) is 0 Å². The molecular formula is C22H23F2N. The molecule has 0 saturated carbocycles. The molecule has 0 aromatic heterocycles. The molecule has 1 aliphatic heterocycles. The molecule has 0 radical (unpaired) electrons. The molecule has 1 saturated heterocycles. The lowest BCUT2D eigenvalue weighted by molar-refractivity contribution is 0.312. The molecule has 2 aromatic rings. The van der Waals surface area contributed by atoms with E-state index in [1.807, 2.05) is 12.1 Å². The Balaban J connectivity index is 1.91. The first kappa shape index (κ1) is 16.5. The van der Waals surface area contributed by atoms with Gasteiger partial charge in [0.25, 0.3) is 0 Å². The quantitative estimate of drug-likeness (QED) is 0.710. The third kappa shape index (κ3) is 2.81. The number of piperidine rings is 1. The van der Waals surface area contributed by atoms with Crippen molar-refractivity contribution >= 4 is 5.57 Å². The predicted molar refractivity (Wildman–Crippen MR) is 97.5 cm³/mol. The summed E-state index contributed by atoms with van der Waals surface area (Å²) in [7, 11) is 2.13. The molecule has 130 valence electrons. The topological polar surface area (TPSA) is 3.24 Å². The number of halogens is 2. The zero-order valence-electron chi connectivity index (χ0n) is 14.8. The SMILES string of the molecule is CN1CCC(=C2c3cc(F)ccc3CC2(C)c2cccc(F)c2)CC1. The van der Waals surface area contributed by atoms with E-state index in [1.54, 1.807) is 18.2 Å². The average Bonchev–Trinajstić information content (AvgIpc) is 2.88. The minimum absolute atomic E-state index is 0.201. The number of fused-ring (bicyclic) bond motifs is 1. The van der Waals surface area contributed by atoms with Gasteiger partial charge in [-0.25, -0.2) is 8.78 Å². The molecule has 1 fully saturated rings. The molecule has 25 heavy (non-hydrogen) atoms. The Hall–Kier alpha value is -2.00. The fourth-order valence-electron chi connectivity index (χ4n) is 4.50. The Morgan fingerprint density at radius 3 is 2.40 bits per heavy atom. The predicted octanol–water partition coefficient (Wildman–Crippen LogP) is 4.96. The van der Waals surface area contributed by atoms with Gasteiger partial charge in [0.15, 0.2) is 0 Å². The van der Waals surface area contributed by atoms with Crippen molar-refractivity contribution in [3.05, 3.63) is 76.4 Å². The van der Waals surface area contributed by atoms with Gasteiger partial charge < -0.3 is 4.90 Å². The maximum atomic E-state index is 14.0. The van der Waals surface area contributed by atoms with Crippen LogP contribution in [0.3, 0.4) is 0 Å². The molecule has 0 N–H and O–H groups in total. The number of benzene rings is 2. The van der Waals surface area contributed by atoms with Crippen LogP contribution in [0, 0.1) is 11.6 Å². The number of hydrogen-bond donors (Lipinski definition) is 0. The van der Waals surface area contributed by atoms with E-state index in [0.29, 0.717) is 0 Å². The highest BCUT2D eigenvalue weighted by Crippen LogP contribution is 2.51. The molecule has 0 amide bonds. The van der Waals surface area contributed by atoms with E-state index in [0.717, 1.165) is 49.0 Å². The molecule has 1 heterocycles. The molecule has 2 aliphatic rings. The van der Waals surface area contributed by atoms with Crippen molar-refractivity contribution in [1.29, 1.82) is 0 Å². The van der Waals surface area contributed by atoms with Gasteiger partial charge in [0, 0.05) is 18.5 Å². The molecule has 1 unspecified atom stereocenters. The highest BCUT2D eigenvalue weighted by Gasteiger charge is 2.41. The van der Waals surface area contributed by atoms with Crippen molar-refractivity contribution in [2.45, 2.75) is 31.6 Å². The Bertz CT molecular complexity index is 845. The van der Waals surface area contributed by atoms with Crippen molar-refractivity contribution in [3.8, 4) is 0 Å². The van der Waals surface area contributed by atoms with Crippen LogP contribution < -0.4 is 0 Å². The fourth-order valence-corrected chi connectivity index (χ4v) is 4.50. The molecule has 1 nitrogen and oxygen atoms in total. The second kappa shape index (κ2) is 6.06. The van der Waals surface area contributed by atoms with Crippen molar-refractivity contribution in [2.24, 2.45) is 0 Å². The Morgan fingerprint density at radius 1 is 0.960 bits per heavy atom. The van der Waals surface area contributed by atoms with Crippen molar-refractivity contribution in [2.75, 3.05) is 20.1 Å². The molecule has 2 aromatic carbocycles. The Kier molecular flexibility index (Phi) is 3.99. The summed E-state index contributed by atoms with van der Waals surface area (Å²) in [5.41, 5.74) is 5.48. The highest BCUT2D eigenvalue weighted by molar-refractivity contribution is 5.84. The zero-order valence-corrected chi connectivity index (χ0v) is 14.8. The van der Waals surface area contributed by atoms with Crippen molar-refractivity contribution < 1.29 is 8.78 Å². The third-order valence-corrected chi connectivity index (χ3v) is 5.84. The monoisotopic (exact) mass is 339 g/mol. The fraction of sp³-hybridized carbons (Fsp3) is 0.364. The van der Waals surface area contributed by atoms with Gasteiger partial charge in [-0.1, -0.05) is 30.7 Å². The molecular weight excluding hydrogens is 316 g/mol. The van der Waals surface area contributed by atoms with Crippen LogP contribution in [0.1, 0.15) is 36.5 Å². The average molecular weight is 339 g/mol. The van der Waals surface area contributed by atoms with Gasteiger partial charge in [-0.15, -0.1) is 0 Å². The normalized spacial score (nSPS) is 23.8. The van der Waals surface area contributed by atoms with Crippen LogP contribution in [0.15, 0.2) is 48.0 Å². The van der Waals surface area contributed by atoms with E-state index in [-0.39, 0.29) is 17.0 Å². The lowest BCUT2D eigenvalue weighted by Gasteiger charge is -2.33. The van der Waals surface area contributed by atoms with Gasteiger partial charge in [0.05, 0.1) is 0 Å². The highest BCUT2D eigenvalue weighted by atomic mass is 19.1. The number of likely N-dealkylation sites (tertiary alicyclic amines) is 1. The lowest BCUT2D eigenvalue weighted by Crippen LogP contribution is -2.29. The third-order valence-electron chi connectivity index (χ3n) is 5.84. The lowest BCUT2D eigenvalue weighted by atomic mass is 9.73. The van der Waals surface area contributed by atoms with Crippen molar-refractivity contribution in [3.63, 3.8) is 0 Å². The maximum absolute atomic E-state index is 14.0. The standard InChI is InChI=1S/C22H23F2N/c1-22(17-4-3-5-18(23)12-17)14-16-6-7-19(24)13-20(16)21(22)15-8-10-25(2)11-9-15/h3-7,12-13H,8-11,14H2,1-2H3. The van der Waals surface area contributed by atoms with Crippen LogP contribution in [-0.2, 0) is 11.8 Å². The number of allylic oxidation sites excluding steroid dienone is 1. The smallest absolute Gasteiger partial charge is 0.123 e. The van der Waals surface area contributed by atoms with Gasteiger partial charge in [-0.3, -0.25) is 0 Å². The van der Waals surface area contributed by atoms with Crippen molar-refractivity contribution in [1.82, 2.24) is 4.90 Å². The van der Waals surface area contributed by atoms with Crippen LogP contribution in [0.5, 0.6) is 0 Å². The summed E-state index contributed by atoms with van der Waals surface area (Å²) in [6, 6.07) is 12.0. The number of nitrogens with zero attached hydrogens (tertiary/aromatic N) is 1. The van der Waals surface area contributed by atoms with E-state index in [1.165, 1.54) is 23.3 Å². The van der Waals surface area contributed by atoms with Gasteiger partial charge in [-0.2, -0.15) is 0 Å². The molecule has 0 spiro atoms. The first-order chi connectivity index (χ1) is 12.0. The molecule has 1 atom stereocenters.